The Kier molecular flexibility index (Phi) is 4.70. The van der Waals surface area contributed by atoms with Gasteiger partial charge in [-0.25, -0.2) is 0 Å². The first-order valence-corrected chi connectivity index (χ1v) is 5.10. The maximum Gasteiger partial charge on any atom is 0.198 e. The number of nitrogens with zero attached hydrogens (tertiary/aromatic N) is 1. The standard InChI is InChI=1S/C11H19NO2/c1-4-13-11(14-5-2)10-8-6-7-9-12(10)3/h6-8,11H,4-5,9H2,1-3H3. The maximum atomic E-state index is 5.53. The smallest absolute Gasteiger partial charge is 0.198 e. The molecular weight excluding hydrogens is 178 g/mol. The Balaban J connectivity index is 2.64. The van der Waals surface area contributed by atoms with Crippen molar-refractivity contribution in [2.75, 3.05) is 26.8 Å². The normalized spacial score (nSPS) is 16.3. The van der Waals surface area contributed by atoms with Crippen LogP contribution in [-0.2, 0) is 9.47 Å². The lowest BCUT2D eigenvalue weighted by Crippen LogP contribution is -2.32. The van der Waals surface area contributed by atoms with Crippen LogP contribution in [-0.4, -0.2) is 38.0 Å². The van der Waals surface area contributed by atoms with Crippen LogP contribution in [0.25, 0.3) is 0 Å². The topological polar surface area (TPSA) is 21.7 Å². The van der Waals surface area contributed by atoms with Gasteiger partial charge >= 0.3 is 0 Å². The van der Waals surface area contributed by atoms with E-state index in [2.05, 4.69) is 11.0 Å². The molecule has 0 aromatic heterocycles. The molecule has 3 heteroatoms. The van der Waals surface area contributed by atoms with Crippen molar-refractivity contribution in [2.24, 2.45) is 0 Å². The number of likely N-dealkylation sites (N-methyl/N-ethyl adjacent to an activating group) is 1. The first kappa shape index (κ1) is 11.3. The molecule has 0 aromatic carbocycles. The molecule has 0 saturated heterocycles. The molecule has 14 heavy (non-hydrogen) atoms. The minimum Gasteiger partial charge on any atom is -0.370 e. The van der Waals surface area contributed by atoms with Crippen LogP contribution < -0.4 is 0 Å². The molecule has 0 bridgehead atoms. The maximum absolute atomic E-state index is 5.53. The summed E-state index contributed by atoms with van der Waals surface area (Å²) in [5.41, 5.74) is 1.09. The number of allylic oxidation sites excluding steroid dienone is 2. The number of hydrogen-bond acceptors (Lipinski definition) is 3. The molecule has 0 aliphatic carbocycles. The Labute approximate surface area is 86.0 Å². The summed E-state index contributed by atoms with van der Waals surface area (Å²) in [6.45, 7) is 6.21. The van der Waals surface area contributed by atoms with Crippen LogP contribution in [0.4, 0.5) is 0 Å². The van der Waals surface area contributed by atoms with E-state index in [1.54, 1.807) is 0 Å². The first-order chi connectivity index (χ1) is 6.79. The summed E-state index contributed by atoms with van der Waals surface area (Å²) in [4.78, 5) is 2.13. The summed E-state index contributed by atoms with van der Waals surface area (Å²) in [5, 5.41) is 0. The van der Waals surface area contributed by atoms with E-state index in [0.29, 0.717) is 13.2 Å². The predicted octanol–water partition coefficient (Wildman–Crippen LogP) is 1.77. The SMILES string of the molecule is CCOC(OCC)C1=CC=CCN1C. The van der Waals surface area contributed by atoms with Gasteiger partial charge in [-0.3, -0.25) is 0 Å². The van der Waals surface area contributed by atoms with E-state index in [1.165, 1.54) is 0 Å². The molecule has 0 aromatic rings. The van der Waals surface area contributed by atoms with Crippen molar-refractivity contribution in [2.45, 2.75) is 20.1 Å². The lowest BCUT2D eigenvalue weighted by molar-refractivity contribution is -0.122. The number of rotatable bonds is 5. The Morgan fingerprint density at radius 1 is 1.36 bits per heavy atom. The largest absolute Gasteiger partial charge is 0.370 e. The fraction of sp³-hybridized carbons (Fsp3) is 0.636. The summed E-state index contributed by atoms with van der Waals surface area (Å²) in [5.74, 6) is 0. The van der Waals surface area contributed by atoms with Gasteiger partial charge in [0.05, 0.1) is 5.70 Å². The Morgan fingerprint density at radius 3 is 2.50 bits per heavy atom. The van der Waals surface area contributed by atoms with Gasteiger partial charge in [0.25, 0.3) is 0 Å². The first-order valence-electron chi connectivity index (χ1n) is 5.10. The second-order valence-electron chi connectivity index (χ2n) is 3.14. The third kappa shape index (κ3) is 2.86. The lowest BCUT2D eigenvalue weighted by atomic mass is 10.2. The van der Waals surface area contributed by atoms with Crippen molar-refractivity contribution in [1.29, 1.82) is 0 Å². The van der Waals surface area contributed by atoms with E-state index < -0.39 is 0 Å². The van der Waals surface area contributed by atoms with Gasteiger partial charge in [-0.2, -0.15) is 0 Å². The van der Waals surface area contributed by atoms with Crippen LogP contribution in [0, 0.1) is 0 Å². The third-order valence-corrected chi connectivity index (χ3v) is 2.10. The monoisotopic (exact) mass is 197 g/mol. The molecule has 0 atom stereocenters. The van der Waals surface area contributed by atoms with Gasteiger partial charge in [-0.15, -0.1) is 0 Å². The molecular formula is C11H19NO2. The van der Waals surface area contributed by atoms with E-state index in [0.717, 1.165) is 12.2 Å². The molecule has 1 rings (SSSR count). The van der Waals surface area contributed by atoms with Crippen LogP contribution in [0.1, 0.15) is 13.8 Å². The third-order valence-electron chi connectivity index (χ3n) is 2.10. The second kappa shape index (κ2) is 5.83. The van der Waals surface area contributed by atoms with E-state index >= 15 is 0 Å². The van der Waals surface area contributed by atoms with Gasteiger partial charge in [-0.1, -0.05) is 12.2 Å². The van der Waals surface area contributed by atoms with Crippen LogP contribution in [0.15, 0.2) is 23.9 Å². The highest BCUT2D eigenvalue weighted by Crippen LogP contribution is 2.15. The highest BCUT2D eigenvalue weighted by molar-refractivity contribution is 5.19. The molecule has 1 heterocycles. The van der Waals surface area contributed by atoms with E-state index in [1.807, 2.05) is 33.0 Å². The van der Waals surface area contributed by atoms with Crippen LogP contribution in [0.3, 0.4) is 0 Å². The summed E-state index contributed by atoms with van der Waals surface area (Å²) in [6.07, 6.45) is 5.97. The average Bonchev–Trinajstić information content (AvgIpc) is 2.18. The summed E-state index contributed by atoms with van der Waals surface area (Å²) >= 11 is 0. The molecule has 3 nitrogen and oxygen atoms in total. The van der Waals surface area contributed by atoms with Gasteiger partial charge < -0.3 is 14.4 Å². The van der Waals surface area contributed by atoms with Crippen molar-refractivity contribution >= 4 is 0 Å². The second-order valence-corrected chi connectivity index (χ2v) is 3.14. The fourth-order valence-electron chi connectivity index (χ4n) is 1.40. The summed E-state index contributed by atoms with van der Waals surface area (Å²) < 4.78 is 11.1. The van der Waals surface area contributed by atoms with E-state index in [-0.39, 0.29) is 6.29 Å². The Hall–Kier alpha value is -0.800. The van der Waals surface area contributed by atoms with E-state index in [9.17, 15) is 0 Å². The van der Waals surface area contributed by atoms with E-state index in [4.69, 9.17) is 9.47 Å². The van der Waals surface area contributed by atoms with Crippen molar-refractivity contribution in [1.82, 2.24) is 4.90 Å². The predicted molar refractivity (Wildman–Crippen MR) is 56.9 cm³/mol. The highest BCUT2D eigenvalue weighted by atomic mass is 16.7. The van der Waals surface area contributed by atoms with Crippen LogP contribution >= 0.6 is 0 Å². The van der Waals surface area contributed by atoms with Crippen molar-refractivity contribution in [3.63, 3.8) is 0 Å². The van der Waals surface area contributed by atoms with Gasteiger partial charge in [0, 0.05) is 26.8 Å². The van der Waals surface area contributed by atoms with Crippen LogP contribution in [0.2, 0.25) is 0 Å². The molecule has 0 fully saturated rings. The number of ether oxygens (including phenoxy) is 2. The zero-order valence-corrected chi connectivity index (χ0v) is 9.19. The zero-order valence-electron chi connectivity index (χ0n) is 9.19. The minimum atomic E-state index is -0.222. The minimum absolute atomic E-state index is 0.222. The van der Waals surface area contributed by atoms with Crippen molar-refractivity contribution in [3.05, 3.63) is 23.9 Å². The van der Waals surface area contributed by atoms with Gasteiger partial charge in [0.1, 0.15) is 0 Å². The van der Waals surface area contributed by atoms with Gasteiger partial charge in [0.2, 0.25) is 0 Å². The Bertz CT molecular complexity index is 217. The highest BCUT2D eigenvalue weighted by Gasteiger charge is 2.18. The van der Waals surface area contributed by atoms with Crippen LogP contribution in [0.5, 0.6) is 0 Å². The summed E-state index contributed by atoms with van der Waals surface area (Å²) in [7, 11) is 2.04. The molecule has 0 saturated carbocycles. The fourth-order valence-corrected chi connectivity index (χ4v) is 1.40. The average molecular weight is 197 g/mol. The summed E-state index contributed by atoms with van der Waals surface area (Å²) in [6, 6.07) is 0. The van der Waals surface area contributed by atoms with Crippen molar-refractivity contribution in [3.8, 4) is 0 Å². The lowest BCUT2D eigenvalue weighted by Gasteiger charge is -2.29. The molecule has 0 N–H and O–H groups in total. The number of hydrogen-bond donors (Lipinski definition) is 0. The molecule has 1 aliphatic heterocycles. The molecule has 0 unspecified atom stereocenters. The van der Waals surface area contributed by atoms with Gasteiger partial charge in [0.15, 0.2) is 6.29 Å². The molecule has 0 radical (unpaired) electrons. The molecule has 0 spiro atoms. The molecule has 0 amide bonds. The van der Waals surface area contributed by atoms with Gasteiger partial charge in [-0.05, 0) is 19.9 Å². The van der Waals surface area contributed by atoms with Crippen molar-refractivity contribution < 1.29 is 9.47 Å². The molecule has 1 aliphatic rings. The molecule has 80 valence electrons. The quantitative estimate of drug-likeness (QED) is 0.627. The zero-order chi connectivity index (χ0) is 10.4. The Morgan fingerprint density at radius 2 is 2.00 bits per heavy atom.